The van der Waals surface area contributed by atoms with Crippen LogP contribution in [0.25, 0.3) is 0 Å². The molecule has 1 saturated carbocycles. The van der Waals surface area contributed by atoms with Gasteiger partial charge in [0.1, 0.15) is 5.82 Å². The molecule has 1 heterocycles. The van der Waals surface area contributed by atoms with Crippen molar-refractivity contribution < 1.29 is 4.79 Å². The van der Waals surface area contributed by atoms with Crippen molar-refractivity contribution in [2.45, 2.75) is 74.9 Å². The molecule has 2 aliphatic carbocycles. The van der Waals surface area contributed by atoms with Gasteiger partial charge >= 0.3 is 0 Å². The van der Waals surface area contributed by atoms with E-state index >= 15 is 0 Å². The summed E-state index contributed by atoms with van der Waals surface area (Å²) in [5.74, 6) is 1.74. The van der Waals surface area contributed by atoms with Gasteiger partial charge in [-0.15, -0.1) is 10.2 Å². The Morgan fingerprint density at radius 1 is 1.31 bits per heavy atom. The van der Waals surface area contributed by atoms with Crippen molar-refractivity contribution in [2.75, 3.05) is 0 Å². The predicted octanol–water partition coefficient (Wildman–Crippen LogP) is 3.85. The molecule has 0 unspecified atom stereocenters. The largest absolute Gasteiger partial charge is 0.348 e. The standard InChI is InChI=1S/C20H26N4OS/c1-3-24-18(15-11-12-15)22-23-20(24)26-13(2)19(25)21-17-10-6-8-14-7-4-5-9-16(14)17/h4-5,7,9,13,15,17H,3,6,8,10-12H2,1-2H3,(H,21,25)/t13-,17+/m0/s1. The number of thioether (sulfide) groups is 1. The van der Waals surface area contributed by atoms with Gasteiger partial charge in [0, 0.05) is 12.5 Å². The molecule has 0 bridgehead atoms. The fraction of sp³-hybridized carbons (Fsp3) is 0.550. The first kappa shape index (κ1) is 17.6. The zero-order valence-corrected chi connectivity index (χ0v) is 16.3. The van der Waals surface area contributed by atoms with Gasteiger partial charge in [0.15, 0.2) is 5.16 Å². The number of rotatable bonds is 6. The van der Waals surface area contributed by atoms with E-state index in [1.165, 1.54) is 35.7 Å². The van der Waals surface area contributed by atoms with E-state index in [-0.39, 0.29) is 17.2 Å². The van der Waals surface area contributed by atoms with E-state index in [1.807, 2.05) is 6.92 Å². The first-order valence-corrected chi connectivity index (χ1v) is 10.5. The lowest BCUT2D eigenvalue weighted by atomic mass is 9.88. The summed E-state index contributed by atoms with van der Waals surface area (Å²) >= 11 is 1.52. The number of hydrogen-bond donors (Lipinski definition) is 1. The van der Waals surface area contributed by atoms with Crippen LogP contribution < -0.4 is 5.32 Å². The monoisotopic (exact) mass is 370 g/mol. The molecule has 5 nitrogen and oxygen atoms in total. The van der Waals surface area contributed by atoms with Crippen molar-refractivity contribution in [3.63, 3.8) is 0 Å². The van der Waals surface area contributed by atoms with Crippen molar-refractivity contribution in [2.24, 2.45) is 0 Å². The summed E-state index contributed by atoms with van der Waals surface area (Å²) in [5, 5.41) is 12.6. The SMILES string of the molecule is CCn1c(S[C@@H](C)C(=O)N[C@@H]2CCCc3ccccc32)nnc1C1CC1. The molecule has 138 valence electrons. The van der Waals surface area contributed by atoms with Gasteiger partial charge in [-0.05, 0) is 57.1 Å². The Morgan fingerprint density at radius 3 is 2.88 bits per heavy atom. The minimum absolute atomic E-state index is 0.0790. The lowest BCUT2D eigenvalue weighted by Gasteiger charge is -2.27. The molecule has 2 aromatic rings. The molecule has 1 aromatic heterocycles. The summed E-state index contributed by atoms with van der Waals surface area (Å²) in [7, 11) is 0. The molecule has 0 aliphatic heterocycles. The highest BCUT2D eigenvalue weighted by atomic mass is 32.2. The van der Waals surface area contributed by atoms with Crippen LogP contribution in [0.4, 0.5) is 0 Å². The molecule has 4 rings (SSSR count). The Balaban J connectivity index is 1.43. The minimum Gasteiger partial charge on any atom is -0.348 e. The number of amides is 1. The van der Waals surface area contributed by atoms with Crippen LogP contribution in [0.3, 0.4) is 0 Å². The Hall–Kier alpha value is -1.82. The maximum Gasteiger partial charge on any atom is 0.233 e. The number of carbonyl (C=O) groups excluding carboxylic acids is 1. The quantitative estimate of drug-likeness (QED) is 0.785. The molecular formula is C20H26N4OS. The Labute approximate surface area is 159 Å². The van der Waals surface area contributed by atoms with Crippen LogP contribution in [0.1, 0.15) is 68.4 Å². The van der Waals surface area contributed by atoms with Crippen LogP contribution in [-0.2, 0) is 17.8 Å². The molecule has 1 N–H and O–H groups in total. The molecule has 0 saturated heterocycles. The molecule has 1 amide bonds. The maximum atomic E-state index is 12.8. The average Bonchev–Trinajstić information content (AvgIpc) is 3.43. The zero-order valence-electron chi connectivity index (χ0n) is 15.4. The second kappa shape index (κ2) is 7.43. The van der Waals surface area contributed by atoms with E-state index in [2.05, 4.69) is 51.3 Å². The van der Waals surface area contributed by atoms with E-state index < -0.39 is 0 Å². The van der Waals surface area contributed by atoms with E-state index in [0.29, 0.717) is 5.92 Å². The number of aromatic nitrogens is 3. The average molecular weight is 371 g/mol. The van der Waals surface area contributed by atoms with Crippen molar-refractivity contribution in [1.29, 1.82) is 0 Å². The number of fused-ring (bicyclic) bond motifs is 1. The molecule has 0 spiro atoms. The Bertz CT molecular complexity index is 799. The van der Waals surface area contributed by atoms with E-state index in [4.69, 9.17) is 0 Å². The normalized spacial score (nSPS) is 20.5. The number of hydrogen-bond acceptors (Lipinski definition) is 4. The smallest absolute Gasteiger partial charge is 0.233 e. The van der Waals surface area contributed by atoms with Crippen molar-refractivity contribution in [1.82, 2.24) is 20.1 Å². The lowest BCUT2D eigenvalue weighted by Crippen LogP contribution is -2.36. The highest BCUT2D eigenvalue weighted by Gasteiger charge is 2.31. The first-order valence-electron chi connectivity index (χ1n) is 9.65. The fourth-order valence-corrected chi connectivity index (χ4v) is 4.66. The number of aryl methyl sites for hydroxylation is 1. The zero-order chi connectivity index (χ0) is 18.1. The summed E-state index contributed by atoms with van der Waals surface area (Å²) in [6, 6.07) is 8.59. The number of carbonyl (C=O) groups is 1. The lowest BCUT2D eigenvalue weighted by molar-refractivity contribution is -0.121. The van der Waals surface area contributed by atoms with Gasteiger partial charge in [-0.1, -0.05) is 36.0 Å². The predicted molar refractivity (Wildman–Crippen MR) is 103 cm³/mol. The third-order valence-corrected chi connectivity index (χ3v) is 6.42. The fourth-order valence-electron chi connectivity index (χ4n) is 3.73. The Kier molecular flexibility index (Phi) is 5.02. The Morgan fingerprint density at radius 2 is 2.12 bits per heavy atom. The third-order valence-electron chi connectivity index (χ3n) is 5.34. The number of benzene rings is 1. The molecule has 1 fully saturated rings. The maximum absolute atomic E-state index is 12.8. The van der Waals surface area contributed by atoms with Crippen molar-refractivity contribution >= 4 is 17.7 Å². The van der Waals surface area contributed by atoms with Gasteiger partial charge in [-0.2, -0.15) is 0 Å². The molecule has 1 aromatic carbocycles. The van der Waals surface area contributed by atoms with Gasteiger partial charge in [-0.25, -0.2) is 0 Å². The highest BCUT2D eigenvalue weighted by molar-refractivity contribution is 8.00. The minimum atomic E-state index is -0.189. The van der Waals surface area contributed by atoms with Crippen LogP contribution >= 0.6 is 11.8 Å². The van der Waals surface area contributed by atoms with Crippen molar-refractivity contribution in [3.8, 4) is 0 Å². The summed E-state index contributed by atoms with van der Waals surface area (Å²) in [6.45, 7) is 4.93. The van der Waals surface area contributed by atoms with Gasteiger partial charge in [0.2, 0.25) is 5.91 Å². The summed E-state index contributed by atoms with van der Waals surface area (Å²) < 4.78 is 2.17. The summed E-state index contributed by atoms with van der Waals surface area (Å²) in [6.07, 6.45) is 5.66. The van der Waals surface area contributed by atoms with Crippen LogP contribution in [0.15, 0.2) is 29.4 Å². The van der Waals surface area contributed by atoms with Crippen LogP contribution in [-0.4, -0.2) is 25.9 Å². The van der Waals surface area contributed by atoms with E-state index in [9.17, 15) is 4.79 Å². The summed E-state index contributed by atoms with van der Waals surface area (Å²) in [5.41, 5.74) is 2.64. The molecule has 6 heteroatoms. The van der Waals surface area contributed by atoms with E-state index in [0.717, 1.165) is 36.8 Å². The second-order valence-corrected chi connectivity index (χ2v) is 8.58. The molecule has 2 aliphatic rings. The van der Waals surface area contributed by atoms with Crippen LogP contribution in [0.2, 0.25) is 0 Å². The van der Waals surface area contributed by atoms with Gasteiger partial charge in [0.25, 0.3) is 0 Å². The third kappa shape index (κ3) is 3.52. The van der Waals surface area contributed by atoms with Crippen LogP contribution in [0, 0.1) is 0 Å². The summed E-state index contributed by atoms with van der Waals surface area (Å²) in [4.78, 5) is 12.8. The number of nitrogens with zero attached hydrogens (tertiary/aromatic N) is 3. The first-order chi connectivity index (χ1) is 12.7. The number of nitrogens with one attached hydrogen (secondary N) is 1. The van der Waals surface area contributed by atoms with Gasteiger partial charge < -0.3 is 9.88 Å². The molecular weight excluding hydrogens is 344 g/mol. The van der Waals surface area contributed by atoms with Gasteiger partial charge in [-0.3, -0.25) is 4.79 Å². The van der Waals surface area contributed by atoms with Crippen molar-refractivity contribution in [3.05, 3.63) is 41.2 Å². The molecule has 0 radical (unpaired) electrons. The second-order valence-electron chi connectivity index (χ2n) is 7.27. The molecule has 2 atom stereocenters. The topological polar surface area (TPSA) is 59.8 Å². The van der Waals surface area contributed by atoms with E-state index in [1.54, 1.807) is 0 Å². The highest BCUT2D eigenvalue weighted by Crippen LogP contribution is 2.40. The molecule has 26 heavy (non-hydrogen) atoms. The van der Waals surface area contributed by atoms with Gasteiger partial charge in [0.05, 0.1) is 11.3 Å². The van der Waals surface area contributed by atoms with Crippen LogP contribution in [0.5, 0.6) is 0 Å².